The number of nitrogens with zero attached hydrogens (tertiary/aromatic N) is 2. The van der Waals surface area contributed by atoms with Gasteiger partial charge in [-0.1, -0.05) is 24.3 Å². The number of ether oxygens (including phenoxy) is 1. The summed E-state index contributed by atoms with van der Waals surface area (Å²) in [5, 5.41) is 2.40. The van der Waals surface area contributed by atoms with Crippen LogP contribution >= 0.6 is 0 Å². The molecule has 2 N–H and O–H groups in total. The summed E-state index contributed by atoms with van der Waals surface area (Å²) in [4.78, 5) is 7.06. The molecule has 1 aromatic heterocycles. The molecule has 106 valence electrons. The molecule has 0 bridgehead atoms. The van der Waals surface area contributed by atoms with E-state index in [1.165, 1.54) is 23.6 Å². The fraction of sp³-hybridized carbons (Fsp3) is 0.438. The fourth-order valence-corrected chi connectivity index (χ4v) is 2.67. The Morgan fingerprint density at radius 2 is 2.05 bits per heavy atom. The van der Waals surface area contributed by atoms with E-state index in [2.05, 4.69) is 34.1 Å². The monoisotopic (exact) mass is 271 g/mol. The van der Waals surface area contributed by atoms with Crippen molar-refractivity contribution in [2.24, 2.45) is 5.73 Å². The Morgan fingerprint density at radius 1 is 1.30 bits per heavy atom. The van der Waals surface area contributed by atoms with E-state index in [4.69, 9.17) is 10.5 Å². The third-order valence-electron chi connectivity index (χ3n) is 3.87. The van der Waals surface area contributed by atoms with Gasteiger partial charge < -0.3 is 15.4 Å². The fourth-order valence-electron chi connectivity index (χ4n) is 2.67. The molecular formula is C16H21N3O. The molecule has 4 nitrogen and oxygen atoms in total. The van der Waals surface area contributed by atoms with Crippen molar-refractivity contribution in [1.29, 1.82) is 0 Å². The smallest absolute Gasteiger partial charge is 0.136 e. The van der Waals surface area contributed by atoms with Crippen molar-refractivity contribution in [3.63, 3.8) is 0 Å². The maximum absolute atomic E-state index is 5.82. The Bertz CT molecular complexity index is 595. The van der Waals surface area contributed by atoms with Crippen LogP contribution in [-0.4, -0.2) is 31.3 Å². The summed E-state index contributed by atoms with van der Waals surface area (Å²) < 4.78 is 5.24. The van der Waals surface area contributed by atoms with E-state index >= 15 is 0 Å². The average Bonchev–Trinajstić information content (AvgIpc) is 3.32. The lowest BCUT2D eigenvalue weighted by atomic mass is 10.1. The largest absolute Gasteiger partial charge is 0.383 e. The van der Waals surface area contributed by atoms with E-state index in [1.807, 2.05) is 6.20 Å². The van der Waals surface area contributed by atoms with Crippen LogP contribution in [0.25, 0.3) is 10.8 Å². The molecule has 0 amide bonds. The van der Waals surface area contributed by atoms with Gasteiger partial charge in [0.15, 0.2) is 0 Å². The number of nitrogens with two attached hydrogens (primary N) is 1. The van der Waals surface area contributed by atoms with Gasteiger partial charge in [0.1, 0.15) is 5.82 Å². The van der Waals surface area contributed by atoms with Crippen LogP contribution in [-0.2, 0) is 11.3 Å². The zero-order chi connectivity index (χ0) is 13.9. The van der Waals surface area contributed by atoms with Crippen LogP contribution in [0.4, 0.5) is 5.82 Å². The molecule has 0 unspecified atom stereocenters. The van der Waals surface area contributed by atoms with Crippen molar-refractivity contribution in [2.75, 3.05) is 25.2 Å². The topological polar surface area (TPSA) is 51.4 Å². The third kappa shape index (κ3) is 2.49. The molecule has 3 rings (SSSR count). The second kappa shape index (κ2) is 5.77. The van der Waals surface area contributed by atoms with Gasteiger partial charge in [-0.05, 0) is 23.8 Å². The van der Waals surface area contributed by atoms with Crippen LogP contribution in [0.1, 0.15) is 18.4 Å². The summed E-state index contributed by atoms with van der Waals surface area (Å²) in [7, 11) is 1.74. The van der Waals surface area contributed by atoms with E-state index in [0.29, 0.717) is 12.6 Å². The van der Waals surface area contributed by atoms with Crippen molar-refractivity contribution in [3.8, 4) is 0 Å². The van der Waals surface area contributed by atoms with Crippen molar-refractivity contribution in [2.45, 2.75) is 25.4 Å². The molecule has 1 saturated carbocycles. The zero-order valence-corrected chi connectivity index (χ0v) is 11.9. The first-order valence-electron chi connectivity index (χ1n) is 7.17. The summed E-state index contributed by atoms with van der Waals surface area (Å²) >= 11 is 0. The van der Waals surface area contributed by atoms with Crippen LogP contribution in [0.5, 0.6) is 0 Å². The number of fused-ring (bicyclic) bond motifs is 1. The van der Waals surface area contributed by atoms with Gasteiger partial charge in [-0.25, -0.2) is 4.98 Å². The van der Waals surface area contributed by atoms with Crippen LogP contribution in [0.15, 0.2) is 30.5 Å². The number of pyridine rings is 1. The number of rotatable bonds is 6. The molecule has 0 aliphatic heterocycles. The Hall–Kier alpha value is -1.65. The number of aromatic nitrogens is 1. The first-order chi connectivity index (χ1) is 9.85. The van der Waals surface area contributed by atoms with Gasteiger partial charge in [0.2, 0.25) is 0 Å². The molecule has 1 fully saturated rings. The minimum atomic E-state index is 0.523. The molecule has 1 aliphatic rings. The van der Waals surface area contributed by atoms with E-state index in [0.717, 1.165) is 24.5 Å². The number of anilines is 1. The van der Waals surface area contributed by atoms with E-state index in [9.17, 15) is 0 Å². The minimum absolute atomic E-state index is 0.523. The average molecular weight is 271 g/mol. The lowest BCUT2D eigenvalue weighted by molar-refractivity contribution is 0.205. The Kier molecular flexibility index (Phi) is 3.85. The van der Waals surface area contributed by atoms with Gasteiger partial charge in [-0.15, -0.1) is 0 Å². The molecular weight excluding hydrogens is 250 g/mol. The minimum Gasteiger partial charge on any atom is -0.383 e. The maximum Gasteiger partial charge on any atom is 0.136 e. The summed E-state index contributed by atoms with van der Waals surface area (Å²) in [5.74, 6) is 1.07. The molecule has 0 atom stereocenters. The SMILES string of the molecule is COCCN(c1ncc(CN)c2ccccc12)C1CC1. The van der Waals surface area contributed by atoms with E-state index in [-0.39, 0.29) is 0 Å². The first kappa shape index (κ1) is 13.3. The summed E-state index contributed by atoms with van der Waals surface area (Å²) in [6, 6.07) is 9.00. The highest BCUT2D eigenvalue weighted by molar-refractivity contribution is 5.94. The summed E-state index contributed by atoms with van der Waals surface area (Å²) in [5.41, 5.74) is 6.92. The van der Waals surface area contributed by atoms with Crippen molar-refractivity contribution >= 4 is 16.6 Å². The Balaban J connectivity index is 2.05. The highest BCUT2D eigenvalue weighted by Gasteiger charge is 2.30. The molecule has 0 radical (unpaired) electrons. The summed E-state index contributed by atoms with van der Waals surface area (Å²) in [6.07, 6.45) is 4.41. The predicted molar refractivity (Wildman–Crippen MR) is 81.9 cm³/mol. The van der Waals surface area contributed by atoms with Gasteiger partial charge in [-0.3, -0.25) is 0 Å². The van der Waals surface area contributed by atoms with Gasteiger partial charge in [0.05, 0.1) is 6.61 Å². The predicted octanol–water partition coefficient (Wildman–Crippen LogP) is 2.31. The van der Waals surface area contributed by atoms with Gasteiger partial charge in [0.25, 0.3) is 0 Å². The number of methoxy groups -OCH3 is 1. The van der Waals surface area contributed by atoms with Crippen LogP contribution in [0.2, 0.25) is 0 Å². The lowest BCUT2D eigenvalue weighted by Gasteiger charge is -2.25. The van der Waals surface area contributed by atoms with Crippen LogP contribution in [0.3, 0.4) is 0 Å². The van der Waals surface area contributed by atoms with Crippen LogP contribution < -0.4 is 10.6 Å². The summed E-state index contributed by atoms with van der Waals surface area (Å²) in [6.45, 7) is 2.14. The third-order valence-corrected chi connectivity index (χ3v) is 3.87. The van der Waals surface area contributed by atoms with E-state index < -0.39 is 0 Å². The molecule has 2 aromatic rings. The highest BCUT2D eigenvalue weighted by Crippen LogP contribution is 2.35. The Morgan fingerprint density at radius 3 is 2.70 bits per heavy atom. The second-order valence-corrected chi connectivity index (χ2v) is 5.27. The molecule has 1 aromatic carbocycles. The van der Waals surface area contributed by atoms with Gasteiger partial charge in [0, 0.05) is 37.8 Å². The zero-order valence-electron chi connectivity index (χ0n) is 11.9. The maximum atomic E-state index is 5.82. The van der Waals surface area contributed by atoms with Crippen molar-refractivity contribution in [1.82, 2.24) is 4.98 Å². The van der Waals surface area contributed by atoms with Crippen molar-refractivity contribution < 1.29 is 4.74 Å². The number of hydrogen-bond donors (Lipinski definition) is 1. The van der Waals surface area contributed by atoms with E-state index in [1.54, 1.807) is 7.11 Å². The highest BCUT2D eigenvalue weighted by atomic mass is 16.5. The number of benzene rings is 1. The molecule has 1 heterocycles. The van der Waals surface area contributed by atoms with Gasteiger partial charge >= 0.3 is 0 Å². The molecule has 0 saturated heterocycles. The van der Waals surface area contributed by atoms with Crippen LogP contribution in [0, 0.1) is 0 Å². The molecule has 0 spiro atoms. The normalized spacial score (nSPS) is 14.7. The molecule has 4 heteroatoms. The first-order valence-corrected chi connectivity index (χ1v) is 7.17. The quantitative estimate of drug-likeness (QED) is 0.876. The molecule has 20 heavy (non-hydrogen) atoms. The standard InChI is InChI=1S/C16H21N3O/c1-20-9-8-19(13-6-7-13)16-15-5-3-2-4-14(15)12(10-17)11-18-16/h2-5,11,13H,6-10,17H2,1H3. The van der Waals surface area contributed by atoms with Gasteiger partial charge in [-0.2, -0.15) is 0 Å². The number of hydrogen-bond acceptors (Lipinski definition) is 4. The second-order valence-electron chi connectivity index (χ2n) is 5.27. The lowest BCUT2D eigenvalue weighted by Crippen LogP contribution is -2.30. The Labute approximate surface area is 119 Å². The molecule has 1 aliphatic carbocycles. The van der Waals surface area contributed by atoms with Crippen molar-refractivity contribution in [3.05, 3.63) is 36.0 Å².